The molecule has 1 aliphatic rings. The van der Waals surface area contributed by atoms with Crippen molar-refractivity contribution in [2.24, 2.45) is 5.73 Å². The number of anilines is 1. The second-order valence-corrected chi connectivity index (χ2v) is 7.62. The number of benzene rings is 2. The minimum atomic E-state index is -1.03. The number of esters is 2. The lowest BCUT2D eigenvalue weighted by Gasteiger charge is -2.36. The monoisotopic (exact) mass is 485 g/mol. The first-order chi connectivity index (χ1) is 17.3. The highest BCUT2D eigenvalue weighted by Gasteiger charge is 2.43. The Labute approximate surface area is 204 Å². The molecule has 0 radical (unpaired) electrons. The Bertz CT molecular complexity index is 1510. The highest BCUT2D eigenvalue weighted by atomic mass is 16.6. The van der Waals surface area contributed by atoms with Crippen LogP contribution in [-0.2, 0) is 19.1 Å². The molecule has 36 heavy (non-hydrogen) atoms. The second-order valence-electron chi connectivity index (χ2n) is 7.62. The number of nitro benzene ring substituents is 1. The molecule has 0 amide bonds. The first-order valence-electron chi connectivity index (χ1n) is 10.5. The Balaban J connectivity index is 2.14. The van der Waals surface area contributed by atoms with Gasteiger partial charge in [-0.15, -0.1) is 0 Å². The molecule has 1 atom stereocenters. The maximum Gasteiger partial charge on any atom is 0.355 e. The molecule has 1 aliphatic heterocycles. The molecule has 2 aromatic carbocycles. The van der Waals surface area contributed by atoms with Crippen molar-refractivity contribution in [2.75, 3.05) is 19.1 Å². The van der Waals surface area contributed by atoms with E-state index >= 15 is 0 Å². The van der Waals surface area contributed by atoms with Crippen LogP contribution in [0, 0.1) is 21.4 Å². The molecule has 0 aliphatic carbocycles. The first kappa shape index (κ1) is 23.9. The summed E-state index contributed by atoms with van der Waals surface area (Å²) in [7, 11) is 2.28. The van der Waals surface area contributed by atoms with Gasteiger partial charge in [0.1, 0.15) is 11.5 Å². The van der Waals surface area contributed by atoms with Crippen molar-refractivity contribution in [3.8, 4) is 6.07 Å². The maximum absolute atomic E-state index is 13.2. The number of allylic oxidation sites excluding steroid dienone is 1. The predicted molar refractivity (Wildman–Crippen MR) is 128 cm³/mol. The number of nitriles is 1. The van der Waals surface area contributed by atoms with E-state index < -0.39 is 22.8 Å². The lowest BCUT2D eigenvalue weighted by Crippen LogP contribution is -2.40. The number of hydrogen-bond acceptors (Lipinski definition) is 10. The van der Waals surface area contributed by atoms with E-state index in [1.54, 1.807) is 30.3 Å². The SMILES string of the molecule is COC(=O)C1=C(C(=O)OC)N(c2ccc([N+](=O)[O-])c3ccncc23)C(N)=C(C#N)C1c1ccccc1. The molecule has 0 saturated heterocycles. The summed E-state index contributed by atoms with van der Waals surface area (Å²) in [5.74, 6) is -2.99. The zero-order chi connectivity index (χ0) is 26.0. The molecule has 3 aromatic rings. The van der Waals surface area contributed by atoms with Gasteiger partial charge in [0.2, 0.25) is 0 Å². The molecule has 1 unspecified atom stereocenters. The molecule has 1 aromatic heterocycles. The van der Waals surface area contributed by atoms with Crippen molar-refractivity contribution >= 4 is 34.1 Å². The molecule has 11 nitrogen and oxygen atoms in total. The topological polar surface area (TPSA) is 162 Å². The van der Waals surface area contributed by atoms with Crippen LogP contribution in [0.5, 0.6) is 0 Å². The van der Waals surface area contributed by atoms with Crippen molar-refractivity contribution in [1.82, 2.24) is 4.98 Å². The Kier molecular flexibility index (Phi) is 6.34. The van der Waals surface area contributed by atoms with Crippen LogP contribution in [-0.4, -0.2) is 36.1 Å². The number of rotatable bonds is 5. The predicted octanol–water partition coefficient (Wildman–Crippen LogP) is 3.04. The highest BCUT2D eigenvalue weighted by Crippen LogP contribution is 2.45. The van der Waals surface area contributed by atoms with E-state index in [0.717, 1.165) is 14.2 Å². The molecule has 11 heteroatoms. The van der Waals surface area contributed by atoms with Gasteiger partial charge >= 0.3 is 11.9 Å². The molecule has 0 bridgehead atoms. The number of nitrogens with two attached hydrogens (primary N) is 1. The van der Waals surface area contributed by atoms with Crippen LogP contribution >= 0.6 is 0 Å². The summed E-state index contributed by atoms with van der Waals surface area (Å²) in [6.45, 7) is 0. The average Bonchev–Trinajstić information content (AvgIpc) is 2.91. The third-order valence-corrected chi connectivity index (χ3v) is 5.82. The summed E-state index contributed by atoms with van der Waals surface area (Å²) in [6, 6.07) is 14.7. The van der Waals surface area contributed by atoms with E-state index in [-0.39, 0.29) is 44.8 Å². The number of non-ortho nitro benzene ring substituents is 1. The summed E-state index contributed by atoms with van der Waals surface area (Å²) in [5.41, 5.74) is 6.53. The van der Waals surface area contributed by atoms with E-state index in [1.165, 1.54) is 35.5 Å². The molecule has 0 saturated carbocycles. The number of ether oxygens (including phenoxy) is 2. The van der Waals surface area contributed by atoms with E-state index in [4.69, 9.17) is 15.2 Å². The van der Waals surface area contributed by atoms with E-state index in [9.17, 15) is 25.0 Å². The molecule has 4 rings (SSSR count). The Morgan fingerprint density at radius 3 is 2.39 bits per heavy atom. The zero-order valence-corrected chi connectivity index (χ0v) is 19.2. The van der Waals surface area contributed by atoms with Crippen LogP contribution in [0.3, 0.4) is 0 Å². The molecular formula is C25H19N5O6. The fraction of sp³-hybridized carbons (Fsp3) is 0.120. The van der Waals surface area contributed by atoms with Crippen LogP contribution in [0.2, 0.25) is 0 Å². The van der Waals surface area contributed by atoms with Crippen LogP contribution in [0.15, 0.2) is 83.6 Å². The molecule has 180 valence electrons. The first-order valence-corrected chi connectivity index (χ1v) is 10.5. The normalized spacial score (nSPS) is 15.5. The van der Waals surface area contributed by atoms with Gasteiger partial charge in [0.05, 0.1) is 53.3 Å². The van der Waals surface area contributed by atoms with Gasteiger partial charge in [0, 0.05) is 23.8 Å². The number of nitro groups is 1. The summed E-state index contributed by atoms with van der Waals surface area (Å²) < 4.78 is 10.0. The number of carbonyl (C=O) groups is 2. The maximum atomic E-state index is 13.2. The van der Waals surface area contributed by atoms with Crippen LogP contribution in [0.1, 0.15) is 11.5 Å². The number of hydrogen-bond donors (Lipinski definition) is 1. The standard InChI is InChI=1S/C25H19N5O6/c1-35-24(31)21-20(14-6-4-3-5-7-14)16(12-26)23(27)29(22(21)25(32)36-2)18-8-9-19(30(33)34)15-10-11-28-13-17(15)18/h3-11,13,20H,27H2,1-2H3. The Hall–Kier alpha value is -5.24. The number of aromatic nitrogens is 1. The fourth-order valence-electron chi connectivity index (χ4n) is 4.28. The Morgan fingerprint density at radius 2 is 1.78 bits per heavy atom. The van der Waals surface area contributed by atoms with E-state index in [2.05, 4.69) is 11.1 Å². The smallest absolute Gasteiger partial charge is 0.355 e. The van der Waals surface area contributed by atoms with Crippen molar-refractivity contribution in [3.63, 3.8) is 0 Å². The van der Waals surface area contributed by atoms with Crippen LogP contribution in [0.25, 0.3) is 10.8 Å². The summed E-state index contributed by atoms with van der Waals surface area (Å²) in [4.78, 5) is 42.6. The van der Waals surface area contributed by atoms with Crippen molar-refractivity contribution in [1.29, 1.82) is 5.26 Å². The summed E-state index contributed by atoms with van der Waals surface area (Å²) in [6.07, 6.45) is 2.75. The largest absolute Gasteiger partial charge is 0.466 e. The van der Waals surface area contributed by atoms with E-state index in [1.807, 2.05) is 0 Å². The number of methoxy groups -OCH3 is 2. The number of carbonyl (C=O) groups excluding carboxylic acids is 2. The lowest BCUT2D eigenvalue weighted by molar-refractivity contribution is -0.383. The number of fused-ring (bicyclic) bond motifs is 1. The molecule has 0 spiro atoms. The van der Waals surface area contributed by atoms with Crippen molar-refractivity contribution in [2.45, 2.75) is 5.92 Å². The number of pyridine rings is 1. The minimum Gasteiger partial charge on any atom is -0.466 e. The third-order valence-electron chi connectivity index (χ3n) is 5.82. The molecular weight excluding hydrogens is 466 g/mol. The van der Waals surface area contributed by atoms with E-state index in [0.29, 0.717) is 5.56 Å². The van der Waals surface area contributed by atoms with Gasteiger partial charge in [-0.1, -0.05) is 30.3 Å². The average molecular weight is 485 g/mol. The zero-order valence-electron chi connectivity index (χ0n) is 19.2. The lowest BCUT2D eigenvalue weighted by atomic mass is 9.80. The highest BCUT2D eigenvalue weighted by molar-refractivity contribution is 6.09. The van der Waals surface area contributed by atoms with Gasteiger partial charge in [-0.2, -0.15) is 5.26 Å². The summed E-state index contributed by atoms with van der Waals surface area (Å²) >= 11 is 0. The van der Waals surface area contributed by atoms with Gasteiger partial charge in [0.25, 0.3) is 5.69 Å². The Morgan fingerprint density at radius 1 is 1.08 bits per heavy atom. The van der Waals surface area contributed by atoms with Gasteiger partial charge in [-0.25, -0.2) is 9.59 Å². The second kappa shape index (κ2) is 9.55. The quantitative estimate of drug-likeness (QED) is 0.323. The van der Waals surface area contributed by atoms with Crippen molar-refractivity contribution < 1.29 is 24.0 Å². The summed E-state index contributed by atoms with van der Waals surface area (Å²) in [5, 5.41) is 22.2. The fourth-order valence-corrected chi connectivity index (χ4v) is 4.28. The van der Waals surface area contributed by atoms with Crippen LogP contribution in [0.4, 0.5) is 11.4 Å². The van der Waals surface area contributed by atoms with Gasteiger partial charge in [-0.05, 0) is 17.7 Å². The molecule has 0 fully saturated rings. The van der Waals surface area contributed by atoms with Crippen LogP contribution < -0.4 is 10.6 Å². The van der Waals surface area contributed by atoms with Crippen molar-refractivity contribution in [3.05, 3.63) is 99.3 Å². The molecule has 2 heterocycles. The molecule has 2 N–H and O–H groups in total. The minimum absolute atomic E-state index is 0.0235. The van der Waals surface area contributed by atoms with Gasteiger partial charge < -0.3 is 15.2 Å². The van der Waals surface area contributed by atoms with Gasteiger partial charge in [0.15, 0.2) is 0 Å². The number of nitrogens with zero attached hydrogens (tertiary/aromatic N) is 4. The van der Waals surface area contributed by atoms with Gasteiger partial charge in [-0.3, -0.25) is 20.0 Å². The third kappa shape index (κ3) is 3.76.